The lowest BCUT2D eigenvalue weighted by molar-refractivity contribution is 0.453. The summed E-state index contributed by atoms with van der Waals surface area (Å²) >= 11 is 0. The van der Waals surface area contributed by atoms with Crippen molar-refractivity contribution in [3.05, 3.63) is 66.0 Å². The lowest BCUT2D eigenvalue weighted by Crippen LogP contribution is -2.47. The first kappa shape index (κ1) is 14.5. The van der Waals surface area contributed by atoms with Crippen LogP contribution in [-0.4, -0.2) is 12.1 Å². The van der Waals surface area contributed by atoms with E-state index in [-0.39, 0.29) is 11.4 Å². The van der Waals surface area contributed by atoms with Gasteiger partial charge in [0.25, 0.3) is 0 Å². The fourth-order valence-corrected chi connectivity index (χ4v) is 2.36. The molecule has 20 heavy (non-hydrogen) atoms. The van der Waals surface area contributed by atoms with E-state index >= 15 is 0 Å². The summed E-state index contributed by atoms with van der Waals surface area (Å²) in [7, 11) is 0. The Morgan fingerprint density at radius 1 is 1.05 bits per heavy atom. The Balaban J connectivity index is 2.23. The normalized spacial score (nSPS) is 13.8. The molecule has 2 aromatic rings. The Bertz CT molecular complexity index is 536. The first-order valence-electron chi connectivity index (χ1n) is 6.96. The van der Waals surface area contributed by atoms with Gasteiger partial charge in [-0.05, 0) is 30.5 Å². The lowest BCUT2D eigenvalue weighted by Gasteiger charge is -2.34. The molecule has 0 aliphatic carbocycles. The number of hydrogen-bond donors (Lipinski definition) is 2. The van der Waals surface area contributed by atoms with Gasteiger partial charge in [0.2, 0.25) is 0 Å². The number of nitrogens with two attached hydrogens (primary N) is 1. The molecule has 106 valence electrons. The minimum absolute atomic E-state index is 0.244. The van der Waals surface area contributed by atoms with Crippen molar-refractivity contribution in [1.29, 1.82) is 0 Å². The third-order valence-corrected chi connectivity index (χ3v) is 3.73. The zero-order valence-electron chi connectivity index (χ0n) is 11.8. The van der Waals surface area contributed by atoms with Crippen LogP contribution < -0.4 is 11.1 Å². The van der Waals surface area contributed by atoms with Crippen molar-refractivity contribution in [3.8, 4) is 0 Å². The van der Waals surface area contributed by atoms with Gasteiger partial charge in [-0.15, -0.1) is 0 Å². The first-order valence-corrected chi connectivity index (χ1v) is 6.96. The Kier molecular flexibility index (Phi) is 4.74. The SMILES string of the molecule is CCC(CN)(Cc1ccccc1)Nc1ccccc1F. The van der Waals surface area contributed by atoms with Gasteiger partial charge in [0.05, 0.1) is 11.2 Å². The maximum Gasteiger partial charge on any atom is 0.146 e. The van der Waals surface area contributed by atoms with Crippen LogP contribution in [-0.2, 0) is 6.42 Å². The average molecular weight is 272 g/mol. The Labute approximate surface area is 119 Å². The zero-order valence-corrected chi connectivity index (χ0v) is 11.8. The molecule has 0 saturated heterocycles. The van der Waals surface area contributed by atoms with Crippen molar-refractivity contribution in [1.82, 2.24) is 0 Å². The molecule has 0 bridgehead atoms. The molecule has 0 fully saturated rings. The summed E-state index contributed by atoms with van der Waals surface area (Å²) in [4.78, 5) is 0. The smallest absolute Gasteiger partial charge is 0.146 e. The van der Waals surface area contributed by atoms with E-state index in [4.69, 9.17) is 5.73 Å². The fourth-order valence-electron chi connectivity index (χ4n) is 2.36. The first-order chi connectivity index (χ1) is 9.69. The van der Waals surface area contributed by atoms with E-state index in [1.165, 1.54) is 11.6 Å². The molecule has 0 aromatic heterocycles. The second kappa shape index (κ2) is 6.53. The molecule has 0 aliphatic heterocycles. The van der Waals surface area contributed by atoms with Crippen LogP contribution in [0.2, 0.25) is 0 Å². The maximum absolute atomic E-state index is 13.8. The molecule has 0 spiro atoms. The van der Waals surface area contributed by atoms with E-state index in [0.717, 1.165) is 12.8 Å². The molecule has 2 nitrogen and oxygen atoms in total. The lowest BCUT2D eigenvalue weighted by atomic mass is 9.87. The zero-order chi connectivity index (χ0) is 14.4. The Morgan fingerprint density at radius 3 is 2.30 bits per heavy atom. The fraction of sp³-hybridized carbons (Fsp3) is 0.294. The molecule has 0 saturated carbocycles. The van der Waals surface area contributed by atoms with E-state index < -0.39 is 0 Å². The molecule has 1 unspecified atom stereocenters. The number of para-hydroxylation sites is 1. The minimum atomic E-state index is -0.330. The summed E-state index contributed by atoms with van der Waals surface area (Å²) in [5.41, 5.74) is 7.36. The molecule has 0 amide bonds. The molecule has 0 heterocycles. The molecule has 0 radical (unpaired) electrons. The molecular weight excluding hydrogens is 251 g/mol. The van der Waals surface area contributed by atoms with Crippen molar-refractivity contribution >= 4 is 5.69 Å². The monoisotopic (exact) mass is 272 g/mol. The van der Waals surface area contributed by atoms with E-state index in [0.29, 0.717) is 12.2 Å². The van der Waals surface area contributed by atoms with E-state index in [1.807, 2.05) is 24.3 Å². The van der Waals surface area contributed by atoms with Crippen LogP contribution in [0.3, 0.4) is 0 Å². The topological polar surface area (TPSA) is 38.0 Å². The molecule has 0 aliphatic rings. The Morgan fingerprint density at radius 2 is 1.70 bits per heavy atom. The van der Waals surface area contributed by atoms with Gasteiger partial charge in [-0.2, -0.15) is 0 Å². The third-order valence-electron chi connectivity index (χ3n) is 3.73. The molecule has 2 aromatic carbocycles. The predicted octanol–water partition coefficient (Wildman–Crippen LogP) is 3.59. The van der Waals surface area contributed by atoms with E-state index in [2.05, 4.69) is 24.4 Å². The van der Waals surface area contributed by atoms with E-state index in [1.54, 1.807) is 12.1 Å². The summed E-state index contributed by atoms with van der Waals surface area (Å²) in [6.07, 6.45) is 1.60. The van der Waals surface area contributed by atoms with Crippen LogP contribution in [0.15, 0.2) is 54.6 Å². The van der Waals surface area contributed by atoms with Crippen molar-refractivity contribution in [2.45, 2.75) is 25.3 Å². The summed E-state index contributed by atoms with van der Waals surface area (Å²) in [6.45, 7) is 2.52. The molecular formula is C17H21FN2. The summed E-state index contributed by atoms with van der Waals surface area (Å²) in [6, 6.07) is 16.9. The van der Waals surface area contributed by atoms with Crippen LogP contribution in [0, 0.1) is 5.82 Å². The highest BCUT2D eigenvalue weighted by atomic mass is 19.1. The van der Waals surface area contributed by atoms with Gasteiger partial charge in [0.15, 0.2) is 0 Å². The van der Waals surface area contributed by atoms with Crippen LogP contribution >= 0.6 is 0 Å². The van der Waals surface area contributed by atoms with Crippen molar-refractivity contribution in [2.24, 2.45) is 5.73 Å². The second-order valence-corrected chi connectivity index (χ2v) is 5.11. The maximum atomic E-state index is 13.8. The quantitative estimate of drug-likeness (QED) is 0.843. The van der Waals surface area contributed by atoms with Gasteiger partial charge in [0.1, 0.15) is 5.82 Å². The third kappa shape index (κ3) is 3.36. The summed E-state index contributed by atoms with van der Waals surface area (Å²) in [5, 5.41) is 3.31. The van der Waals surface area contributed by atoms with Gasteiger partial charge < -0.3 is 11.1 Å². The van der Waals surface area contributed by atoms with Crippen LogP contribution in [0.25, 0.3) is 0 Å². The number of halogens is 1. The second-order valence-electron chi connectivity index (χ2n) is 5.11. The summed E-state index contributed by atoms with van der Waals surface area (Å²) in [5.74, 6) is -0.244. The van der Waals surface area contributed by atoms with Crippen LogP contribution in [0.1, 0.15) is 18.9 Å². The highest BCUT2D eigenvalue weighted by Crippen LogP contribution is 2.24. The number of rotatable bonds is 6. The number of hydrogen-bond acceptors (Lipinski definition) is 2. The molecule has 2 rings (SSSR count). The number of benzene rings is 2. The standard InChI is InChI=1S/C17H21FN2/c1-2-17(13-19,12-14-8-4-3-5-9-14)20-16-11-7-6-10-15(16)18/h3-11,20H,2,12-13,19H2,1H3. The minimum Gasteiger partial charge on any atom is -0.376 e. The highest BCUT2D eigenvalue weighted by Gasteiger charge is 2.27. The van der Waals surface area contributed by atoms with Crippen molar-refractivity contribution in [2.75, 3.05) is 11.9 Å². The summed E-state index contributed by atoms with van der Waals surface area (Å²) < 4.78 is 13.8. The molecule has 1 atom stereocenters. The number of anilines is 1. The van der Waals surface area contributed by atoms with Gasteiger partial charge in [-0.1, -0.05) is 49.4 Å². The molecule has 3 N–H and O–H groups in total. The number of nitrogens with one attached hydrogen (secondary N) is 1. The largest absolute Gasteiger partial charge is 0.376 e. The van der Waals surface area contributed by atoms with Crippen LogP contribution in [0.5, 0.6) is 0 Å². The van der Waals surface area contributed by atoms with Crippen molar-refractivity contribution < 1.29 is 4.39 Å². The van der Waals surface area contributed by atoms with Gasteiger partial charge >= 0.3 is 0 Å². The Hall–Kier alpha value is -1.87. The van der Waals surface area contributed by atoms with E-state index in [9.17, 15) is 4.39 Å². The highest BCUT2D eigenvalue weighted by molar-refractivity contribution is 5.47. The van der Waals surface area contributed by atoms with Gasteiger partial charge in [0, 0.05) is 6.54 Å². The van der Waals surface area contributed by atoms with Crippen LogP contribution in [0.4, 0.5) is 10.1 Å². The average Bonchev–Trinajstić information content (AvgIpc) is 2.50. The van der Waals surface area contributed by atoms with Gasteiger partial charge in [-0.25, -0.2) is 4.39 Å². The van der Waals surface area contributed by atoms with Crippen molar-refractivity contribution in [3.63, 3.8) is 0 Å². The molecule has 3 heteroatoms. The van der Waals surface area contributed by atoms with Gasteiger partial charge in [-0.3, -0.25) is 0 Å². The predicted molar refractivity (Wildman–Crippen MR) is 82.2 cm³/mol.